The van der Waals surface area contributed by atoms with Crippen LogP contribution >= 0.6 is 12.4 Å². The van der Waals surface area contributed by atoms with Gasteiger partial charge < -0.3 is 5.32 Å². The number of amides is 1. The van der Waals surface area contributed by atoms with Crippen LogP contribution in [0.1, 0.15) is 29.8 Å². The highest BCUT2D eigenvalue weighted by molar-refractivity contribution is 5.94. The smallest absolute Gasteiger partial charge is 0.251 e. The maximum atomic E-state index is 11.6. The number of rotatable bonds is 5. The summed E-state index contributed by atoms with van der Waals surface area (Å²) in [6, 6.07) is 7.51. The Bertz CT molecular complexity index is 339. The van der Waals surface area contributed by atoms with Crippen molar-refractivity contribution in [2.45, 2.75) is 26.5 Å². The first-order chi connectivity index (χ1) is 7.63. The predicted octanol–water partition coefficient (Wildman–Crippen LogP) is 1.90. The van der Waals surface area contributed by atoms with Crippen molar-refractivity contribution in [3.05, 3.63) is 35.4 Å². The topological polar surface area (TPSA) is 50.4 Å². The Morgan fingerprint density at radius 1 is 1.29 bits per heavy atom. The van der Waals surface area contributed by atoms with E-state index in [1.54, 1.807) is 19.2 Å². The molecule has 0 aliphatic carbocycles. The quantitative estimate of drug-likeness (QED) is 0.793. The summed E-state index contributed by atoms with van der Waals surface area (Å²) < 4.78 is 0. The lowest BCUT2D eigenvalue weighted by Crippen LogP contribution is -2.29. The van der Waals surface area contributed by atoms with Crippen LogP contribution in [0.15, 0.2) is 24.3 Å². The van der Waals surface area contributed by atoms with Crippen molar-refractivity contribution in [1.29, 1.82) is 0 Å². The van der Waals surface area contributed by atoms with E-state index in [1.165, 1.54) is 0 Å². The molecular weight excluding hydrogens is 240 g/mol. The fraction of sp³-hybridized carbons (Fsp3) is 0.417. The molecule has 0 spiro atoms. The van der Waals surface area contributed by atoms with Crippen LogP contribution in [0.2, 0.25) is 0 Å². The average molecular weight is 259 g/mol. The van der Waals surface area contributed by atoms with Gasteiger partial charge in [0.1, 0.15) is 0 Å². The monoisotopic (exact) mass is 258 g/mol. The molecule has 0 atom stereocenters. The van der Waals surface area contributed by atoms with Gasteiger partial charge in [0.05, 0.1) is 6.61 Å². The summed E-state index contributed by atoms with van der Waals surface area (Å²) in [5, 5.41) is 2.84. The Kier molecular flexibility index (Phi) is 7.54. The van der Waals surface area contributed by atoms with Crippen molar-refractivity contribution < 1.29 is 9.63 Å². The molecule has 1 aromatic carbocycles. The molecule has 1 amide bonds. The van der Waals surface area contributed by atoms with Gasteiger partial charge in [-0.25, -0.2) is 5.48 Å². The second-order valence-corrected chi connectivity index (χ2v) is 3.82. The molecular formula is C12H19ClN2O2. The van der Waals surface area contributed by atoms with Crippen molar-refractivity contribution in [3.63, 3.8) is 0 Å². The zero-order valence-corrected chi connectivity index (χ0v) is 11.1. The Hall–Kier alpha value is -1.10. The van der Waals surface area contributed by atoms with Crippen molar-refractivity contribution in [2.75, 3.05) is 7.05 Å². The van der Waals surface area contributed by atoms with Crippen LogP contribution in [0.4, 0.5) is 0 Å². The molecule has 0 fully saturated rings. The highest BCUT2D eigenvalue weighted by Crippen LogP contribution is 2.05. The molecule has 1 aromatic rings. The Morgan fingerprint density at radius 3 is 2.35 bits per heavy atom. The molecule has 17 heavy (non-hydrogen) atoms. The van der Waals surface area contributed by atoms with Crippen molar-refractivity contribution in [3.8, 4) is 0 Å². The van der Waals surface area contributed by atoms with E-state index in [0.717, 1.165) is 5.56 Å². The van der Waals surface area contributed by atoms with E-state index in [9.17, 15) is 4.79 Å². The van der Waals surface area contributed by atoms with Crippen LogP contribution in [0, 0.1) is 0 Å². The zero-order valence-electron chi connectivity index (χ0n) is 10.3. The van der Waals surface area contributed by atoms with Gasteiger partial charge in [-0.2, -0.15) is 0 Å². The molecule has 2 N–H and O–H groups in total. The zero-order chi connectivity index (χ0) is 12.0. The SMILES string of the molecule is CNOCc1ccc(C(=O)NC(C)C)cc1.Cl. The molecule has 0 aliphatic rings. The van der Waals surface area contributed by atoms with Crippen molar-refractivity contribution in [2.24, 2.45) is 0 Å². The molecule has 5 heteroatoms. The molecule has 0 radical (unpaired) electrons. The van der Waals surface area contributed by atoms with Crippen molar-refractivity contribution in [1.82, 2.24) is 10.8 Å². The molecule has 0 aliphatic heterocycles. The van der Waals surface area contributed by atoms with E-state index < -0.39 is 0 Å². The normalized spacial score (nSPS) is 9.88. The lowest BCUT2D eigenvalue weighted by Gasteiger charge is -2.08. The lowest BCUT2D eigenvalue weighted by atomic mass is 10.1. The number of carbonyl (C=O) groups excluding carboxylic acids is 1. The summed E-state index contributed by atoms with van der Waals surface area (Å²) in [6.45, 7) is 4.36. The summed E-state index contributed by atoms with van der Waals surface area (Å²) >= 11 is 0. The molecule has 0 heterocycles. The first-order valence-electron chi connectivity index (χ1n) is 5.32. The number of nitrogens with one attached hydrogen (secondary N) is 2. The van der Waals surface area contributed by atoms with Gasteiger partial charge in [-0.05, 0) is 31.5 Å². The van der Waals surface area contributed by atoms with Gasteiger partial charge in [-0.3, -0.25) is 9.63 Å². The molecule has 96 valence electrons. The number of hydrogen-bond acceptors (Lipinski definition) is 3. The van der Waals surface area contributed by atoms with E-state index in [2.05, 4.69) is 10.8 Å². The number of carbonyl (C=O) groups is 1. The van der Waals surface area contributed by atoms with Crippen LogP contribution in [0.25, 0.3) is 0 Å². The minimum absolute atomic E-state index is 0. The third kappa shape index (κ3) is 5.68. The highest BCUT2D eigenvalue weighted by atomic mass is 35.5. The van der Waals surface area contributed by atoms with Crippen LogP contribution in [0.3, 0.4) is 0 Å². The molecule has 4 nitrogen and oxygen atoms in total. The highest BCUT2D eigenvalue weighted by Gasteiger charge is 2.06. The van der Waals surface area contributed by atoms with Crippen LogP contribution in [-0.4, -0.2) is 19.0 Å². The molecule has 0 saturated carbocycles. The van der Waals surface area contributed by atoms with Crippen molar-refractivity contribution >= 4 is 18.3 Å². The third-order valence-electron chi connectivity index (χ3n) is 2.02. The van der Waals surface area contributed by atoms with Gasteiger partial charge in [-0.15, -0.1) is 12.4 Å². The second-order valence-electron chi connectivity index (χ2n) is 3.82. The maximum absolute atomic E-state index is 11.6. The minimum Gasteiger partial charge on any atom is -0.350 e. The standard InChI is InChI=1S/C12H18N2O2.ClH/c1-9(2)14-12(15)11-6-4-10(5-7-11)8-16-13-3;/h4-7,9,13H,8H2,1-3H3,(H,14,15);1H. The van der Waals surface area contributed by atoms with E-state index >= 15 is 0 Å². The number of hydroxylamine groups is 1. The first kappa shape index (κ1) is 15.9. The van der Waals surface area contributed by atoms with Crippen LogP contribution in [-0.2, 0) is 11.4 Å². The van der Waals surface area contributed by atoms with Crippen LogP contribution < -0.4 is 10.8 Å². The van der Waals surface area contributed by atoms with Gasteiger partial charge in [0.2, 0.25) is 0 Å². The van der Waals surface area contributed by atoms with Gasteiger partial charge in [-0.1, -0.05) is 12.1 Å². The van der Waals surface area contributed by atoms with E-state index in [-0.39, 0.29) is 24.4 Å². The molecule has 0 aromatic heterocycles. The van der Waals surface area contributed by atoms with Crippen LogP contribution in [0.5, 0.6) is 0 Å². The largest absolute Gasteiger partial charge is 0.350 e. The molecule has 1 rings (SSSR count). The Balaban J connectivity index is 0.00000256. The Labute approximate surface area is 108 Å². The predicted molar refractivity (Wildman–Crippen MR) is 70.1 cm³/mol. The average Bonchev–Trinajstić information content (AvgIpc) is 2.26. The molecule has 0 unspecified atom stereocenters. The third-order valence-corrected chi connectivity index (χ3v) is 2.02. The van der Waals surface area contributed by atoms with Gasteiger partial charge >= 0.3 is 0 Å². The Morgan fingerprint density at radius 2 is 1.88 bits per heavy atom. The van der Waals surface area contributed by atoms with E-state index in [4.69, 9.17) is 4.84 Å². The number of hydrogen-bond donors (Lipinski definition) is 2. The number of halogens is 1. The van der Waals surface area contributed by atoms with Gasteiger partial charge in [0.25, 0.3) is 5.91 Å². The summed E-state index contributed by atoms with van der Waals surface area (Å²) in [4.78, 5) is 16.7. The summed E-state index contributed by atoms with van der Waals surface area (Å²) in [5.41, 5.74) is 4.29. The number of benzene rings is 1. The summed E-state index contributed by atoms with van der Waals surface area (Å²) in [7, 11) is 1.71. The van der Waals surface area contributed by atoms with E-state index in [1.807, 2.05) is 26.0 Å². The minimum atomic E-state index is -0.0453. The fourth-order valence-corrected chi connectivity index (χ4v) is 1.25. The van der Waals surface area contributed by atoms with Gasteiger partial charge in [0.15, 0.2) is 0 Å². The maximum Gasteiger partial charge on any atom is 0.251 e. The summed E-state index contributed by atoms with van der Waals surface area (Å²) in [6.07, 6.45) is 0. The first-order valence-corrected chi connectivity index (χ1v) is 5.32. The fourth-order valence-electron chi connectivity index (χ4n) is 1.25. The second kappa shape index (κ2) is 8.06. The van der Waals surface area contributed by atoms with Gasteiger partial charge in [0, 0.05) is 18.7 Å². The summed E-state index contributed by atoms with van der Waals surface area (Å²) in [5.74, 6) is -0.0453. The molecule has 0 saturated heterocycles. The van der Waals surface area contributed by atoms with E-state index in [0.29, 0.717) is 12.2 Å². The molecule has 0 bridgehead atoms. The lowest BCUT2D eigenvalue weighted by molar-refractivity contribution is 0.0444.